The molecule has 0 aliphatic carbocycles. The summed E-state index contributed by atoms with van der Waals surface area (Å²) in [5, 5.41) is 15.8. The normalized spacial score (nSPS) is 10.7. The lowest BCUT2D eigenvalue weighted by Gasteiger charge is -2.17. The van der Waals surface area contributed by atoms with Crippen LogP contribution in [0.2, 0.25) is 0 Å². The third-order valence-electron chi connectivity index (χ3n) is 5.58. The average Bonchev–Trinajstić information content (AvgIpc) is 3.29. The largest absolute Gasteiger partial charge is 0.494 e. The predicted molar refractivity (Wildman–Crippen MR) is 133 cm³/mol. The first-order chi connectivity index (χ1) is 16.9. The Morgan fingerprint density at radius 2 is 1.71 bits per heavy atom. The number of para-hydroxylation sites is 1. The Bertz CT molecular complexity index is 1300. The molecule has 8 heteroatoms. The number of likely N-dealkylation sites (N-methyl/N-ethyl adjacent to an activating group) is 1. The average molecular weight is 471 g/mol. The number of nitro benzene ring substituents is 1. The topological polar surface area (TPSA) is 90.5 Å². The minimum Gasteiger partial charge on any atom is -0.494 e. The summed E-state index contributed by atoms with van der Waals surface area (Å²) in [4.78, 5) is 25.4. The van der Waals surface area contributed by atoms with Crippen molar-refractivity contribution >= 4 is 11.6 Å². The van der Waals surface area contributed by atoms with Crippen LogP contribution in [0.15, 0.2) is 85.1 Å². The molecule has 0 radical (unpaired) electrons. The zero-order chi connectivity index (χ0) is 24.8. The molecule has 0 spiro atoms. The number of non-ortho nitro benzene ring substituents is 1. The number of nitrogens with zero attached hydrogens (tertiary/aromatic N) is 4. The van der Waals surface area contributed by atoms with Gasteiger partial charge in [-0.2, -0.15) is 5.10 Å². The summed E-state index contributed by atoms with van der Waals surface area (Å²) in [6.07, 6.45) is 1.99. The van der Waals surface area contributed by atoms with Gasteiger partial charge in [-0.15, -0.1) is 0 Å². The van der Waals surface area contributed by atoms with Gasteiger partial charge in [0.2, 0.25) is 5.91 Å². The lowest BCUT2D eigenvalue weighted by atomic mass is 10.0. The number of amides is 1. The fourth-order valence-electron chi connectivity index (χ4n) is 3.75. The Morgan fingerprint density at radius 3 is 2.34 bits per heavy atom. The highest BCUT2D eigenvalue weighted by atomic mass is 16.6. The number of benzene rings is 3. The second kappa shape index (κ2) is 10.6. The van der Waals surface area contributed by atoms with Crippen LogP contribution in [0.5, 0.6) is 5.75 Å². The molecule has 4 rings (SSSR count). The fourth-order valence-corrected chi connectivity index (χ4v) is 3.75. The van der Waals surface area contributed by atoms with Crippen molar-refractivity contribution in [3.63, 3.8) is 0 Å². The molecule has 1 aromatic heterocycles. The highest BCUT2D eigenvalue weighted by molar-refractivity contribution is 5.81. The lowest BCUT2D eigenvalue weighted by Crippen LogP contribution is -2.27. The molecule has 1 heterocycles. The van der Waals surface area contributed by atoms with Crippen molar-refractivity contribution in [2.24, 2.45) is 0 Å². The van der Waals surface area contributed by atoms with E-state index >= 15 is 0 Å². The first kappa shape index (κ1) is 23.7. The van der Waals surface area contributed by atoms with E-state index in [-0.39, 0.29) is 18.0 Å². The van der Waals surface area contributed by atoms with E-state index in [1.165, 1.54) is 12.1 Å². The van der Waals surface area contributed by atoms with Crippen molar-refractivity contribution in [3.8, 4) is 22.7 Å². The minimum atomic E-state index is -0.438. The summed E-state index contributed by atoms with van der Waals surface area (Å²) in [6.45, 7) is 3.00. The number of carbonyl (C=O) groups is 1. The van der Waals surface area contributed by atoms with Crippen LogP contribution in [0.25, 0.3) is 16.9 Å². The minimum absolute atomic E-state index is 0.00366. The van der Waals surface area contributed by atoms with Gasteiger partial charge in [-0.05, 0) is 48.9 Å². The quantitative estimate of drug-likeness (QED) is 0.252. The van der Waals surface area contributed by atoms with Gasteiger partial charge in [0.05, 0.1) is 29.3 Å². The van der Waals surface area contributed by atoms with Crippen LogP contribution in [0, 0.1) is 10.1 Å². The maximum Gasteiger partial charge on any atom is 0.269 e. The van der Waals surface area contributed by atoms with Crippen molar-refractivity contribution in [2.75, 3.05) is 13.7 Å². The first-order valence-electron chi connectivity index (χ1n) is 11.3. The van der Waals surface area contributed by atoms with E-state index in [0.717, 1.165) is 22.6 Å². The highest BCUT2D eigenvalue weighted by Gasteiger charge is 2.19. The van der Waals surface area contributed by atoms with Gasteiger partial charge in [0.25, 0.3) is 5.69 Å². The third-order valence-corrected chi connectivity index (χ3v) is 5.58. The van der Waals surface area contributed by atoms with Crippen LogP contribution in [0.1, 0.15) is 18.1 Å². The Kier molecular flexibility index (Phi) is 7.21. The summed E-state index contributed by atoms with van der Waals surface area (Å²) < 4.78 is 7.21. The van der Waals surface area contributed by atoms with Crippen molar-refractivity contribution in [2.45, 2.75) is 19.9 Å². The SMILES string of the molecule is CCOc1ccc(CN(C)C(=O)Cc2cn(-c3ccccc3)nc2-c2ccc([N+](=O)[O-])cc2)cc1. The van der Waals surface area contributed by atoms with Crippen molar-refractivity contribution in [1.82, 2.24) is 14.7 Å². The number of hydrogen-bond acceptors (Lipinski definition) is 5. The lowest BCUT2D eigenvalue weighted by molar-refractivity contribution is -0.384. The first-order valence-corrected chi connectivity index (χ1v) is 11.3. The molecule has 4 aromatic rings. The molecule has 0 aliphatic rings. The van der Waals surface area contributed by atoms with Crippen LogP contribution in [0.4, 0.5) is 5.69 Å². The van der Waals surface area contributed by atoms with Crippen molar-refractivity contribution in [3.05, 3.63) is 106 Å². The molecule has 0 saturated carbocycles. The standard InChI is InChI=1S/C27H26N4O4/c1-3-35-25-15-9-20(10-16-25)18-29(2)26(32)17-22-19-30(23-7-5-4-6-8-23)28-27(22)21-11-13-24(14-12-21)31(33)34/h4-16,19H,3,17-18H2,1-2H3. The van der Waals surface area contributed by atoms with Gasteiger partial charge in [0, 0.05) is 43.0 Å². The number of hydrogen-bond donors (Lipinski definition) is 0. The van der Waals surface area contributed by atoms with E-state index in [1.54, 1.807) is 28.8 Å². The number of ether oxygens (including phenoxy) is 1. The van der Waals surface area contributed by atoms with Gasteiger partial charge < -0.3 is 9.64 Å². The molecule has 0 unspecified atom stereocenters. The molecule has 0 N–H and O–H groups in total. The monoisotopic (exact) mass is 470 g/mol. The number of rotatable bonds is 9. The van der Waals surface area contributed by atoms with Gasteiger partial charge in [0.15, 0.2) is 0 Å². The van der Waals surface area contributed by atoms with Crippen LogP contribution >= 0.6 is 0 Å². The van der Waals surface area contributed by atoms with Crippen molar-refractivity contribution in [1.29, 1.82) is 0 Å². The van der Waals surface area contributed by atoms with E-state index in [1.807, 2.05) is 67.7 Å². The smallest absolute Gasteiger partial charge is 0.269 e. The maximum atomic E-state index is 13.1. The Morgan fingerprint density at radius 1 is 1.03 bits per heavy atom. The van der Waals surface area contributed by atoms with E-state index in [4.69, 9.17) is 9.84 Å². The van der Waals surface area contributed by atoms with Gasteiger partial charge in [-0.25, -0.2) is 4.68 Å². The van der Waals surface area contributed by atoms with Crippen LogP contribution in [0.3, 0.4) is 0 Å². The molecule has 3 aromatic carbocycles. The van der Waals surface area contributed by atoms with E-state index in [0.29, 0.717) is 24.4 Å². The summed E-state index contributed by atoms with van der Waals surface area (Å²) >= 11 is 0. The van der Waals surface area contributed by atoms with Crippen molar-refractivity contribution < 1.29 is 14.5 Å². The molecule has 0 fully saturated rings. The second-order valence-electron chi connectivity index (χ2n) is 8.09. The molecular formula is C27H26N4O4. The van der Waals surface area contributed by atoms with Crippen LogP contribution < -0.4 is 4.74 Å². The van der Waals surface area contributed by atoms with Crippen LogP contribution in [-0.4, -0.2) is 39.2 Å². The zero-order valence-corrected chi connectivity index (χ0v) is 19.6. The summed E-state index contributed by atoms with van der Waals surface area (Å²) in [7, 11) is 1.77. The Balaban J connectivity index is 1.57. The van der Waals surface area contributed by atoms with Crippen LogP contribution in [-0.2, 0) is 17.8 Å². The Labute approximate surface area is 203 Å². The molecule has 1 amide bonds. The van der Waals surface area contributed by atoms with E-state index in [9.17, 15) is 14.9 Å². The fraction of sp³-hybridized carbons (Fsp3) is 0.185. The molecule has 8 nitrogen and oxygen atoms in total. The summed E-state index contributed by atoms with van der Waals surface area (Å²) in [5.74, 6) is 0.737. The van der Waals surface area contributed by atoms with Gasteiger partial charge in [-0.3, -0.25) is 14.9 Å². The van der Waals surface area contributed by atoms with E-state index in [2.05, 4.69) is 0 Å². The molecule has 0 saturated heterocycles. The van der Waals surface area contributed by atoms with Gasteiger partial charge in [-0.1, -0.05) is 30.3 Å². The van der Waals surface area contributed by atoms with Gasteiger partial charge in [0.1, 0.15) is 5.75 Å². The second-order valence-corrected chi connectivity index (χ2v) is 8.09. The maximum absolute atomic E-state index is 13.1. The Hall–Kier alpha value is -4.46. The predicted octanol–water partition coefficient (Wildman–Crippen LogP) is 5.05. The number of aromatic nitrogens is 2. The molecule has 0 aliphatic heterocycles. The molecular weight excluding hydrogens is 444 g/mol. The molecule has 0 atom stereocenters. The highest BCUT2D eigenvalue weighted by Crippen LogP contribution is 2.27. The summed E-state index contributed by atoms with van der Waals surface area (Å²) in [5.41, 5.74) is 3.93. The zero-order valence-electron chi connectivity index (χ0n) is 19.6. The number of carbonyl (C=O) groups excluding carboxylic acids is 1. The molecule has 178 valence electrons. The van der Waals surface area contributed by atoms with E-state index < -0.39 is 4.92 Å². The molecule has 0 bridgehead atoms. The summed E-state index contributed by atoms with van der Waals surface area (Å²) in [6, 6.07) is 23.5. The third kappa shape index (κ3) is 5.73. The van der Waals surface area contributed by atoms with Gasteiger partial charge >= 0.3 is 0 Å². The number of nitro groups is 1. The molecule has 35 heavy (non-hydrogen) atoms.